The topological polar surface area (TPSA) is 79.2 Å². The molecule has 1 amide bonds. The maximum absolute atomic E-state index is 12.0. The summed E-state index contributed by atoms with van der Waals surface area (Å²) in [6, 6.07) is 3.98. The zero-order valence-electron chi connectivity index (χ0n) is 10.4. The van der Waals surface area contributed by atoms with Crippen molar-refractivity contribution in [1.82, 2.24) is 4.90 Å². The van der Waals surface area contributed by atoms with E-state index in [1.807, 2.05) is 17.5 Å². The number of carboxylic acid groups (broad SMARTS) is 1. The van der Waals surface area contributed by atoms with Crippen molar-refractivity contribution < 1.29 is 19.5 Å². The minimum atomic E-state index is -1.14. The first-order chi connectivity index (χ1) is 9.08. The van der Waals surface area contributed by atoms with E-state index in [-0.39, 0.29) is 18.0 Å². The molecule has 7 heteroatoms. The third-order valence-electron chi connectivity index (χ3n) is 2.84. The molecule has 0 radical (unpaired) electrons. The zero-order chi connectivity index (χ0) is 13.8. The molecule has 0 aromatic carbocycles. The van der Waals surface area contributed by atoms with Gasteiger partial charge in [-0.05, 0) is 17.9 Å². The monoisotopic (exact) mass is 282 g/mol. The molecule has 6 nitrogen and oxygen atoms in total. The molecular weight excluding hydrogens is 268 g/mol. The minimum Gasteiger partial charge on any atom is -0.477 e. The van der Waals surface area contributed by atoms with E-state index in [2.05, 4.69) is 5.16 Å². The van der Waals surface area contributed by atoms with E-state index in [0.29, 0.717) is 6.54 Å². The van der Waals surface area contributed by atoms with E-state index >= 15 is 0 Å². The van der Waals surface area contributed by atoms with E-state index in [1.54, 1.807) is 23.3 Å². The fourth-order valence-corrected chi connectivity index (χ4v) is 2.42. The predicted molar refractivity (Wildman–Crippen MR) is 70.2 cm³/mol. The highest BCUT2D eigenvalue weighted by Crippen LogP contribution is 2.14. The summed E-state index contributed by atoms with van der Waals surface area (Å²) in [6.45, 7) is 0.571. The molecule has 2 heterocycles. The van der Waals surface area contributed by atoms with Crippen LogP contribution < -0.4 is 0 Å². The summed E-state index contributed by atoms with van der Waals surface area (Å²) in [5.41, 5.74) is -0.106. The number of hydrogen-bond donors (Lipinski definition) is 1. The van der Waals surface area contributed by atoms with Gasteiger partial charge < -0.3 is 14.8 Å². The maximum Gasteiger partial charge on any atom is 0.353 e. The van der Waals surface area contributed by atoms with E-state index in [1.165, 1.54) is 4.88 Å². The van der Waals surface area contributed by atoms with Crippen LogP contribution in [0.5, 0.6) is 0 Å². The van der Waals surface area contributed by atoms with E-state index in [0.717, 1.165) is 6.42 Å². The van der Waals surface area contributed by atoms with Crippen LogP contribution >= 0.6 is 11.3 Å². The summed E-state index contributed by atoms with van der Waals surface area (Å²) in [6.07, 6.45) is -0.00372. The van der Waals surface area contributed by atoms with Gasteiger partial charge >= 0.3 is 5.97 Å². The first-order valence-electron chi connectivity index (χ1n) is 5.81. The lowest BCUT2D eigenvalue weighted by Gasteiger charge is -2.19. The van der Waals surface area contributed by atoms with Gasteiger partial charge in [-0.15, -0.1) is 11.3 Å². The molecule has 1 aliphatic rings. The van der Waals surface area contributed by atoms with E-state index in [9.17, 15) is 9.59 Å². The number of carbonyl (C=O) groups excluding carboxylic acids is 1. The Balaban J connectivity index is 1.82. The summed E-state index contributed by atoms with van der Waals surface area (Å²) >= 11 is 1.64. The second-order valence-corrected chi connectivity index (χ2v) is 5.26. The Morgan fingerprint density at radius 2 is 2.42 bits per heavy atom. The lowest BCUT2D eigenvalue weighted by molar-refractivity contribution is -0.140. The molecule has 1 unspecified atom stereocenters. The van der Waals surface area contributed by atoms with Gasteiger partial charge in [-0.25, -0.2) is 4.79 Å². The molecule has 1 N–H and O–H groups in total. The number of carboxylic acids is 1. The van der Waals surface area contributed by atoms with Crippen molar-refractivity contribution in [2.75, 3.05) is 13.6 Å². The van der Waals surface area contributed by atoms with Crippen LogP contribution in [0, 0.1) is 0 Å². The minimum absolute atomic E-state index is 0.0253. The van der Waals surface area contributed by atoms with Gasteiger partial charge in [0.05, 0.1) is 0 Å². The maximum atomic E-state index is 12.0. The number of carbonyl (C=O) groups is 2. The molecule has 0 bridgehead atoms. The fourth-order valence-electron chi connectivity index (χ4n) is 1.72. The average molecular weight is 282 g/mol. The van der Waals surface area contributed by atoms with Crippen molar-refractivity contribution >= 4 is 28.9 Å². The number of likely N-dealkylation sites (N-methyl/N-ethyl adjacent to an activating group) is 1. The van der Waals surface area contributed by atoms with Gasteiger partial charge in [-0.2, -0.15) is 0 Å². The molecule has 1 atom stereocenters. The number of thiophene rings is 1. The third-order valence-corrected chi connectivity index (χ3v) is 3.78. The Labute approximate surface area is 114 Å². The van der Waals surface area contributed by atoms with Crippen LogP contribution in [0.4, 0.5) is 0 Å². The first kappa shape index (κ1) is 13.5. The van der Waals surface area contributed by atoms with Crippen molar-refractivity contribution in [2.45, 2.75) is 18.9 Å². The number of hydrogen-bond acceptors (Lipinski definition) is 5. The van der Waals surface area contributed by atoms with E-state index in [4.69, 9.17) is 9.94 Å². The van der Waals surface area contributed by atoms with Gasteiger partial charge in [0.25, 0.3) is 5.91 Å². The molecule has 0 saturated heterocycles. The molecule has 19 heavy (non-hydrogen) atoms. The third kappa shape index (κ3) is 3.31. The lowest BCUT2D eigenvalue weighted by Crippen LogP contribution is -2.38. The van der Waals surface area contributed by atoms with Gasteiger partial charge in [0, 0.05) is 24.9 Å². The van der Waals surface area contributed by atoms with Crippen LogP contribution in [0.2, 0.25) is 0 Å². The van der Waals surface area contributed by atoms with Gasteiger partial charge in [0.2, 0.25) is 6.10 Å². The first-order valence-corrected chi connectivity index (χ1v) is 6.69. The van der Waals surface area contributed by atoms with Crippen molar-refractivity contribution in [1.29, 1.82) is 0 Å². The van der Waals surface area contributed by atoms with Crippen LogP contribution in [0.25, 0.3) is 0 Å². The molecule has 1 aliphatic heterocycles. The molecule has 1 aromatic rings. The fraction of sp³-hybridized carbons (Fsp3) is 0.417. The molecule has 0 spiro atoms. The van der Waals surface area contributed by atoms with Crippen molar-refractivity contribution in [3.8, 4) is 0 Å². The van der Waals surface area contributed by atoms with Gasteiger partial charge in [0.1, 0.15) is 0 Å². The summed E-state index contributed by atoms with van der Waals surface area (Å²) in [4.78, 5) is 30.3. The zero-order valence-corrected chi connectivity index (χ0v) is 11.2. The summed E-state index contributed by atoms with van der Waals surface area (Å²) in [7, 11) is 1.68. The molecule has 0 fully saturated rings. The Morgan fingerprint density at radius 1 is 1.63 bits per heavy atom. The number of amides is 1. The van der Waals surface area contributed by atoms with Crippen LogP contribution in [0.1, 0.15) is 11.3 Å². The number of rotatable bonds is 5. The summed E-state index contributed by atoms with van der Waals surface area (Å²) in [5.74, 6) is -1.38. The number of aliphatic carboxylic acids is 1. The van der Waals surface area contributed by atoms with Crippen LogP contribution in [-0.2, 0) is 20.8 Å². The molecule has 102 valence electrons. The van der Waals surface area contributed by atoms with Gasteiger partial charge in [0.15, 0.2) is 5.71 Å². The van der Waals surface area contributed by atoms with Crippen LogP contribution in [0.15, 0.2) is 22.7 Å². The second kappa shape index (κ2) is 5.83. The second-order valence-electron chi connectivity index (χ2n) is 4.23. The molecule has 1 aromatic heterocycles. The van der Waals surface area contributed by atoms with Gasteiger partial charge in [-0.1, -0.05) is 11.2 Å². The highest BCUT2D eigenvalue weighted by molar-refractivity contribution is 7.09. The highest BCUT2D eigenvalue weighted by Gasteiger charge is 2.33. The Kier molecular flexibility index (Phi) is 4.16. The highest BCUT2D eigenvalue weighted by atomic mass is 32.1. The molecule has 0 saturated carbocycles. The standard InChI is InChI=1S/C12H14N2O4S/c1-14(5-4-8-3-2-6-19-8)11(15)10-7-9(12(16)17)13-18-10/h2-3,6,10H,4-5,7H2,1H3,(H,16,17). The van der Waals surface area contributed by atoms with Gasteiger partial charge in [-0.3, -0.25) is 4.79 Å². The Hall–Kier alpha value is -1.89. The number of oxime groups is 1. The van der Waals surface area contributed by atoms with E-state index < -0.39 is 12.1 Å². The van der Waals surface area contributed by atoms with Crippen LogP contribution in [-0.4, -0.2) is 47.3 Å². The van der Waals surface area contributed by atoms with Crippen molar-refractivity contribution in [3.63, 3.8) is 0 Å². The normalized spacial score (nSPS) is 17.7. The predicted octanol–water partition coefficient (Wildman–Crippen LogP) is 0.978. The summed E-state index contributed by atoms with van der Waals surface area (Å²) in [5, 5.41) is 14.1. The van der Waals surface area contributed by atoms with Crippen LogP contribution in [0.3, 0.4) is 0 Å². The SMILES string of the molecule is CN(CCc1cccs1)C(=O)C1CC(C(=O)O)=NO1. The van der Waals surface area contributed by atoms with Crippen molar-refractivity contribution in [2.24, 2.45) is 5.16 Å². The number of nitrogens with zero attached hydrogens (tertiary/aromatic N) is 2. The smallest absolute Gasteiger partial charge is 0.353 e. The lowest BCUT2D eigenvalue weighted by atomic mass is 10.1. The quantitative estimate of drug-likeness (QED) is 0.873. The Morgan fingerprint density at radius 3 is 3.00 bits per heavy atom. The summed E-state index contributed by atoms with van der Waals surface area (Å²) < 4.78 is 0. The average Bonchev–Trinajstić information content (AvgIpc) is 3.05. The largest absolute Gasteiger partial charge is 0.477 e. The molecular formula is C12H14N2O4S. The Bertz CT molecular complexity index is 498. The molecule has 2 rings (SSSR count). The molecule has 0 aliphatic carbocycles. The van der Waals surface area contributed by atoms with Crippen molar-refractivity contribution in [3.05, 3.63) is 22.4 Å².